The molecule has 5 N–H and O–H groups in total. The van der Waals surface area contributed by atoms with Crippen LogP contribution in [-0.4, -0.2) is 58.6 Å². The number of hydrogen-bond donors (Lipinski definition) is 3. The number of nitrogen functional groups attached to an aromatic ring is 2. The number of Topliss-reactive ketones (excluding diaryl/α,β-unsaturated/α-hetero) is 1. The summed E-state index contributed by atoms with van der Waals surface area (Å²) in [7, 11) is 3.00. The van der Waals surface area contributed by atoms with Crippen LogP contribution in [0.1, 0.15) is 39.5 Å². The summed E-state index contributed by atoms with van der Waals surface area (Å²) >= 11 is 0. The van der Waals surface area contributed by atoms with E-state index in [4.69, 9.17) is 20.9 Å². The van der Waals surface area contributed by atoms with Gasteiger partial charge >= 0.3 is 5.97 Å². The highest BCUT2D eigenvalue weighted by molar-refractivity contribution is 6.20. The van der Waals surface area contributed by atoms with Gasteiger partial charge in [-0.25, -0.2) is 14.8 Å². The minimum absolute atomic E-state index is 0. The van der Waals surface area contributed by atoms with Gasteiger partial charge in [0.2, 0.25) is 11.4 Å². The molecule has 12 heteroatoms. The van der Waals surface area contributed by atoms with Gasteiger partial charge in [0.25, 0.3) is 0 Å². The van der Waals surface area contributed by atoms with Gasteiger partial charge in [0.05, 0.1) is 30.9 Å². The number of rotatable bonds is 6. The Morgan fingerprint density at radius 1 is 0.978 bits per heavy atom. The fraction of sp³-hybridized carbons (Fsp3) is 0.206. The highest BCUT2D eigenvalue weighted by Gasteiger charge is 2.58. The summed E-state index contributed by atoms with van der Waals surface area (Å²) in [5.74, 6) is 11.1. The lowest BCUT2D eigenvalue weighted by Gasteiger charge is -2.42. The number of halogens is 1. The van der Waals surface area contributed by atoms with Crippen molar-refractivity contribution in [3.8, 4) is 35.2 Å². The summed E-state index contributed by atoms with van der Waals surface area (Å²) < 4.78 is 10.9. The molecule has 2 atom stereocenters. The molecule has 46 heavy (non-hydrogen) atoms. The van der Waals surface area contributed by atoms with Crippen molar-refractivity contribution in [1.29, 1.82) is 0 Å². The first-order valence-corrected chi connectivity index (χ1v) is 13.9. The number of nitrogens with two attached hydrogens (primary N) is 2. The van der Waals surface area contributed by atoms with Gasteiger partial charge in [-0.05, 0) is 42.8 Å². The quantitative estimate of drug-likeness (QED) is 0.208. The third kappa shape index (κ3) is 5.96. The molecule has 2 aromatic heterocycles. The molecule has 0 bridgehead atoms. The molecule has 0 radical (unpaired) electrons. The standard InChI is InChI=1S/C34H30N6O5.ClH/c1-4-40-27(14-13-21-9-5-7-11-25(21)44-2)34(32(42)43,17-15-22-10-6-8-12-26(22)45-3)29(41)28-23(16-18-37-31(28)40)19-24-20-38-33(36)39-30(24)35;/h5-12,16,18,20,27H,4,19H2,1-3H3,(H,42,43)(H4,35,36,38,39);1H. The van der Waals surface area contributed by atoms with Crippen molar-refractivity contribution in [2.75, 3.05) is 37.1 Å². The van der Waals surface area contributed by atoms with Crippen LogP contribution in [0.3, 0.4) is 0 Å². The normalized spacial score (nSPS) is 16.5. The lowest BCUT2D eigenvalue weighted by Crippen LogP contribution is -2.59. The second-order valence-electron chi connectivity index (χ2n) is 10.0. The van der Waals surface area contributed by atoms with Crippen LogP contribution in [0.5, 0.6) is 11.5 Å². The number of aliphatic carboxylic acids is 1. The van der Waals surface area contributed by atoms with Gasteiger partial charge in [-0.3, -0.25) is 4.79 Å². The molecule has 0 saturated heterocycles. The summed E-state index contributed by atoms with van der Waals surface area (Å²) in [5.41, 5.74) is 11.5. The maximum atomic E-state index is 14.8. The number of para-hydroxylation sites is 2. The van der Waals surface area contributed by atoms with Gasteiger partial charge in [-0.1, -0.05) is 47.9 Å². The van der Waals surface area contributed by atoms with Crippen molar-refractivity contribution >= 4 is 41.7 Å². The first kappa shape index (κ1) is 33.1. The number of methoxy groups -OCH3 is 2. The zero-order valence-electron chi connectivity index (χ0n) is 25.3. The number of fused-ring (bicyclic) bond motifs is 1. The van der Waals surface area contributed by atoms with Gasteiger partial charge in [0, 0.05) is 30.9 Å². The molecule has 11 nitrogen and oxygen atoms in total. The van der Waals surface area contributed by atoms with Crippen LogP contribution in [0.25, 0.3) is 0 Å². The number of anilines is 3. The molecule has 4 aromatic rings. The van der Waals surface area contributed by atoms with E-state index in [9.17, 15) is 14.7 Å². The van der Waals surface area contributed by atoms with Gasteiger partial charge < -0.3 is 30.9 Å². The molecule has 3 heterocycles. The Labute approximate surface area is 272 Å². The van der Waals surface area contributed by atoms with E-state index in [2.05, 4.69) is 38.6 Å². The van der Waals surface area contributed by atoms with Gasteiger partial charge in [0.1, 0.15) is 29.2 Å². The topological polar surface area (TPSA) is 167 Å². The summed E-state index contributed by atoms with van der Waals surface area (Å²) in [5, 5.41) is 11.0. The van der Waals surface area contributed by atoms with E-state index < -0.39 is 23.2 Å². The first-order chi connectivity index (χ1) is 21.7. The van der Waals surface area contributed by atoms with Gasteiger partial charge in [-0.2, -0.15) is 4.98 Å². The zero-order chi connectivity index (χ0) is 32.1. The predicted molar refractivity (Wildman–Crippen MR) is 176 cm³/mol. The monoisotopic (exact) mass is 638 g/mol. The third-order valence-electron chi connectivity index (χ3n) is 7.52. The maximum Gasteiger partial charge on any atom is 0.333 e. The van der Waals surface area contributed by atoms with Crippen molar-refractivity contribution in [2.24, 2.45) is 5.41 Å². The lowest BCUT2D eigenvalue weighted by atomic mass is 9.70. The molecule has 0 fully saturated rings. The van der Waals surface area contributed by atoms with Crippen molar-refractivity contribution in [3.63, 3.8) is 0 Å². The Morgan fingerprint density at radius 2 is 1.61 bits per heavy atom. The van der Waals surface area contributed by atoms with E-state index in [0.29, 0.717) is 33.8 Å². The van der Waals surface area contributed by atoms with Crippen molar-refractivity contribution in [2.45, 2.75) is 19.4 Å². The number of carbonyl (C=O) groups excluding carboxylic acids is 1. The predicted octanol–water partition coefficient (Wildman–Crippen LogP) is 3.63. The van der Waals surface area contributed by atoms with Crippen LogP contribution in [0.2, 0.25) is 0 Å². The number of ether oxygens (including phenoxy) is 2. The molecule has 2 unspecified atom stereocenters. The maximum absolute atomic E-state index is 14.8. The average molecular weight is 639 g/mol. The first-order valence-electron chi connectivity index (χ1n) is 13.9. The smallest absolute Gasteiger partial charge is 0.333 e. The van der Waals surface area contributed by atoms with E-state index in [1.165, 1.54) is 20.4 Å². The van der Waals surface area contributed by atoms with E-state index in [-0.39, 0.29) is 48.5 Å². The number of ketones is 1. The Morgan fingerprint density at radius 3 is 2.20 bits per heavy atom. The van der Waals surface area contributed by atoms with Crippen LogP contribution in [0.15, 0.2) is 67.0 Å². The van der Waals surface area contributed by atoms with Crippen LogP contribution in [0, 0.1) is 29.1 Å². The Hall–Kier alpha value is -5.78. The summed E-state index contributed by atoms with van der Waals surface area (Å²) in [6.45, 7) is 2.10. The third-order valence-corrected chi connectivity index (χ3v) is 7.52. The van der Waals surface area contributed by atoms with Crippen molar-refractivity contribution < 1.29 is 24.2 Å². The molecule has 1 aliphatic rings. The minimum Gasteiger partial charge on any atom is -0.495 e. The number of aromatic nitrogens is 3. The molecule has 2 aromatic carbocycles. The molecule has 0 amide bonds. The second kappa shape index (κ2) is 13.9. The highest BCUT2D eigenvalue weighted by atomic mass is 35.5. The Balaban J connectivity index is 0.00000480. The SMILES string of the molecule is CCN1c2nccc(Cc3cnc(N)nc3N)c2C(=O)C(C#Cc2ccccc2OC)(C(=O)O)C1C#Cc1ccccc1OC.Cl. The summed E-state index contributed by atoms with van der Waals surface area (Å²) in [4.78, 5) is 42.5. The van der Waals surface area contributed by atoms with Gasteiger partial charge in [-0.15, -0.1) is 12.4 Å². The minimum atomic E-state index is -2.33. The van der Waals surface area contributed by atoms with E-state index >= 15 is 0 Å². The van der Waals surface area contributed by atoms with Gasteiger partial charge in [0.15, 0.2) is 5.78 Å². The number of carbonyl (C=O) groups is 2. The fourth-order valence-electron chi connectivity index (χ4n) is 5.27. The van der Waals surface area contributed by atoms with Crippen LogP contribution >= 0.6 is 12.4 Å². The van der Waals surface area contributed by atoms with Crippen LogP contribution < -0.4 is 25.8 Å². The molecule has 5 rings (SSSR count). The molecule has 0 aliphatic carbocycles. The molecular weight excluding hydrogens is 608 g/mol. The summed E-state index contributed by atoms with van der Waals surface area (Å²) in [6.07, 6.45) is 3.15. The number of pyridine rings is 1. The molecule has 0 saturated carbocycles. The Kier molecular flexibility index (Phi) is 10.0. The molecule has 234 valence electrons. The number of benzene rings is 2. The van der Waals surface area contributed by atoms with Crippen molar-refractivity contribution in [1.82, 2.24) is 15.0 Å². The van der Waals surface area contributed by atoms with E-state index in [0.717, 1.165) is 0 Å². The number of nitrogens with zero attached hydrogens (tertiary/aromatic N) is 4. The van der Waals surface area contributed by atoms with Crippen molar-refractivity contribution in [3.05, 3.63) is 94.8 Å². The number of hydrogen-bond acceptors (Lipinski definition) is 10. The second-order valence-corrected chi connectivity index (χ2v) is 10.0. The summed E-state index contributed by atoms with van der Waals surface area (Å²) in [6, 6.07) is 14.4. The highest BCUT2D eigenvalue weighted by Crippen LogP contribution is 2.42. The van der Waals surface area contributed by atoms with E-state index in [1.54, 1.807) is 65.7 Å². The van der Waals surface area contributed by atoms with Crippen LogP contribution in [-0.2, 0) is 11.2 Å². The number of carboxylic acids is 1. The molecule has 0 spiro atoms. The molecular formula is C34H31ClN6O5. The van der Waals surface area contributed by atoms with E-state index in [1.807, 2.05) is 6.92 Å². The van der Waals surface area contributed by atoms with Crippen LogP contribution in [0.4, 0.5) is 17.6 Å². The largest absolute Gasteiger partial charge is 0.495 e. The zero-order valence-corrected chi connectivity index (χ0v) is 26.1. The number of carboxylic acid groups (broad SMARTS) is 1. The average Bonchev–Trinajstić information content (AvgIpc) is 3.04. The Bertz CT molecular complexity index is 1930. The fourth-order valence-corrected chi connectivity index (χ4v) is 5.27. The molecule has 1 aliphatic heterocycles. The lowest BCUT2D eigenvalue weighted by molar-refractivity contribution is -0.143.